The lowest BCUT2D eigenvalue weighted by Crippen LogP contribution is -2.30. The Morgan fingerprint density at radius 1 is 1.26 bits per heavy atom. The van der Waals surface area contributed by atoms with Crippen molar-refractivity contribution in [2.24, 2.45) is 5.92 Å². The summed E-state index contributed by atoms with van der Waals surface area (Å²) in [6, 6.07) is 6.73. The van der Waals surface area contributed by atoms with Crippen molar-refractivity contribution in [3.8, 4) is 0 Å². The lowest BCUT2D eigenvalue weighted by atomic mass is 9.83. The summed E-state index contributed by atoms with van der Waals surface area (Å²) in [7, 11) is 0. The first-order valence-electron chi connectivity index (χ1n) is 7.44. The molecule has 0 radical (unpaired) electrons. The third-order valence-corrected chi connectivity index (χ3v) is 3.80. The van der Waals surface area contributed by atoms with Crippen LogP contribution in [0.5, 0.6) is 0 Å². The summed E-state index contributed by atoms with van der Waals surface area (Å²) in [6.45, 7) is 6.18. The van der Waals surface area contributed by atoms with Gasteiger partial charge in [0, 0.05) is 6.42 Å². The standard InChI is InChI=1S/C17H27FO/c1-4-6-9-14(5-2)12-17(3,19)13-15-10-7-8-11-16(15)18/h7-8,10-11,14,19H,4-6,9,12-13H2,1-3H3. The Morgan fingerprint density at radius 2 is 1.95 bits per heavy atom. The van der Waals surface area contributed by atoms with Crippen molar-refractivity contribution in [2.45, 2.75) is 64.9 Å². The smallest absolute Gasteiger partial charge is 0.126 e. The van der Waals surface area contributed by atoms with E-state index < -0.39 is 5.60 Å². The Bertz CT molecular complexity index is 373. The SMILES string of the molecule is CCCCC(CC)CC(C)(O)Cc1ccccc1F. The van der Waals surface area contributed by atoms with Crippen molar-refractivity contribution >= 4 is 0 Å². The van der Waals surface area contributed by atoms with E-state index in [1.54, 1.807) is 12.1 Å². The largest absolute Gasteiger partial charge is 0.390 e. The number of aliphatic hydroxyl groups is 1. The number of rotatable bonds is 8. The van der Waals surface area contributed by atoms with Crippen molar-refractivity contribution in [1.29, 1.82) is 0 Å². The zero-order valence-electron chi connectivity index (χ0n) is 12.5. The van der Waals surface area contributed by atoms with E-state index in [4.69, 9.17) is 0 Å². The molecule has 2 heteroatoms. The second-order valence-corrected chi connectivity index (χ2v) is 5.89. The molecule has 1 rings (SSSR count). The Labute approximate surface area is 116 Å². The van der Waals surface area contributed by atoms with Crippen LogP contribution < -0.4 is 0 Å². The zero-order valence-corrected chi connectivity index (χ0v) is 12.5. The van der Waals surface area contributed by atoms with Crippen LogP contribution in [0.2, 0.25) is 0 Å². The highest BCUT2D eigenvalue weighted by Gasteiger charge is 2.25. The maximum atomic E-state index is 13.6. The molecule has 0 amide bonds. The summed E-state index contributed by atoms with van der Waals surface area (Å²) >= 11 is 0. The van der Waals surface area contributed by atoms with Gasteiger partial charge in [0.1, 0.15) is 5.82 Å². The van der Waals surface area contributed by atoms with Crippen LogP contribution in [-0.2, 0) is 6.42 Å². The lowest BCUT2D eigenvalue weighted by Gasteiger charge is -2.28. The molecule has 1 aromatic carbocycles. The quantitative estimate of drug-likeness (QED) is 0.721. The molecular weight excluding hydrogens is 239 g/mol. The van der Waals surface area contributed by atoms with Crippen molar-refractivity contribution < 1.29 is 9.50 Å². The molecule has 1 nitrogen and oxygen atoms in total. The van der Waals surface area contributed by atoms with Crippen molar-refractivity contribution in [1.82, 2.24) is 0 Å². The third kappa shape index (κ3) is 5.73. The average Bonchev–Trinajstić information content (AvgIpc) is 2.37. The zero-order chi connectivity index (χ0) is 14.3. The maximum absolute atomic E-state index is 13.6. The van der Waals surface area contributed by atoms with Gasteiger partial charge in [-0.15, -0.1) is 0 Å². The summed E-state index contributed by atoms with van der Waals surface area (Å²) in [4.78, 5) is 0. The predicted octanol–water partition coefficient (Wildman–Crippen LogP) is 4.73. The first-order valence-corrected chi connectivity index (χ1v) is 7.44. The minimum atomic E-state index is -0.823. The van der Waals surface area contributed by atoms with Gasteiger partial charge in [-0.1, -0.05) is 57.7 Å². The Morgan fingerprint density at radius 3 is 2.53 bits per heavy atom. The maximum Gasteiger partial charge on any atom is 0.126 e. The van der Waals surface area contributed by atoms with Crippen molar-refractivity contribution in [3.05, 3.63) is 35.6 Å². The first kappa shape index (κ1) is 16.2. The van der Waals surface area contributed by atoms with Gasteiger partial charge in [0.15, 0.2) is 0 Å². The van der Waals surface area contributed by atoms with Gasteiger partial charge >= 0.3 is 0 Å². The molecule has 2 atom stereocenters. The Kier molecular flexibility index (Phi) is 6.50. The first-order chi connectivity index (χ1) is 8.98. The van der Waals surface area contributed by atoms with Crippen molar-refractivity contribution in [3.63, 3.8) is 0 Å². The molecule has 0 aliphatic rings. The fraction of sp³-hybridized carbons (Fsp3) is 0.647. The van der Waals surface area contributed by atoms with Gasteiger partial charge in [-0.25, -0.2) is 4.39 Å². The van der Waals surface area contributed by atoms with Crippen LogP contribution in [0.4, 0.5) is 4.39 Å². The highest BCUT2D eigenvalue weighted by molar-refractivity contribution is 5.19. The normalized spacial score (nSPS) is 16.1. The van der Waals surface area contributed by atoms with E-state index in [1.807, 2.05) is 13.0 Å². The van der Waals surface area contributed by atoms with Crippen LogP contribution in [0, 0.1) is 11.7 Å². The number of benzene rings is 1. The molecule has 0 aromatic heterocycles. The van der Waals surface area contributed by atoms with Crippen LogP contribution in [0.25, 0.3) is 0 Å². The monoisotopic (exact) mass is 266 g/mol. The van der Waals surface area contributed by atoms with Crippen LogP contribution in [0.15, 0.2) is 24.3 Å². The average molecular weight is 266 g/mol. The van der Waals surface area contributed by atoms with E-state index in [0.29, 0.717) is 17.9 Å². The third-order valence-electron chi connectivity index (χ3n) is 3.80. The molecule has 19 heavy (non-hydrogen) atoms. The molecule has 108 valence electrons. The highest BCUT2D eigenvalue weighted by atomic mass is 19.1. The second kappa shape index (κ2) is 7.64. The molecule has 1 N–H and O–H groups in total. The van der Waals surface area contributed by atoms with Gasteiger partial charge < -0.3 is 5.11 Å². The number of hydrogen-bond donors (Lipinski definition) is 1. The van der Waals surface area contributed by atoms with Crippen LogP contribution in [-0.4, -0.2) is 10.7 Å². The summed E-state index contributed by atoms with van der Waals surface area (Å²) in [5.41, 5.74) is -0.214. The van der Waals surface area contributed by atoms with Crippen LogP contribution >= 0.6 is 0 Å². The minimum absolute atomic E-state index is 0.218. The Balaban J connectivity index is 2.62. The minimum Gasteiger partial charge on any atom is -0.390 e. The fourth-order valence-corrected chi connectivity index (χ4v) is 2.69. The fourth-order valence-electron chi connectivity index (χ4n) is 2.69. The van der Waals surface area contributed by atoms with E-state index in [0.717, 1.165) is 19.3 Å². The molecular formula is C17H27FO. The summed E-state index contributed by atoms with van der Waals surface area (Å²) < 4.78 is 13.6. The lowest BCUT2D eigenvalue weighted by molar-refractivity contribution is 0.0308. The van der Waals surface area contributed by atoms with Crippen molar-refractivity contribution in [2.75, 3.05) is 0 Å². The van der Waals surface area contributed by atoms with Gasteiger partial charge in [0.2, 0.25) is 0 Å². The van der Waals surface area contributed by atoms with Gasteiger partial charge in [-0.05, 0) is 30.9 Å². The molecule has 2 unspecified atom stereocenters. The van der Waals surface area contributed by atoms with E-state index in [2.05, 4.69) is 13.8 Å². The highest BCUT2D eigenvalue weighted by Crippen LogP contribution is 2.27. The Hall–Kier alpha value is -0.890. The van der Waals surface area contributed by atoms with E-state index in [-0.39, 0.29) is 5.82 Å². The molecule has 0 aliphatic heterocycles. The summed E-state index contributed by atoms with van der Waals surface area (Å²) in [5, 5.41) is 10.5. The van der Waals surface area contributed by atoms with Gasteiger partial charge in [-0.2, -0.15) is 0 Å². The molecule has 0 bridgehead atoms. The number of unbranched alkanes of at least 4 members (excludes halogenated alkanes) is 1. The van der Waals surface area contributed by atoms with Gasteiger partial charge in [-0.3, -0.25) is 0 Å². The molecule has 0 spiro atoms. The predicted molar refractivity (Wildman–Crippen MR) is 78.7 cm³/mol. The molecule has 0 aliphatic carbocycles. The molecule has 0 fully saturated rings. The molecule has 0 heterocycles. The van der Waals surface area contributed by atoms with Crippen LogP contribution in [0.1, 0.15) is 58.4 Å². The number of halogens is 1. The molecule has 0 saturated heterocycles. The topological polar surface area (TPSA) is 20.2 Å². The van der Waals surface area contributed by atoms with E-state index >= 15 is 0 Å². The summed E-state index contributed by atoms with van der Waals surface area (Å²) in [6.07, 6.45) is 5.76. The van der Waals surface area contributed by atoms with E-state index in [9.17, 15) is 9.50 Å². The van der Waals surface area contributed by atoms with Gasteiger partial charge in [0.05, 0.1) is 5.60 Å². The summed E-state index contributed by atoms with van der Waals surface area (Å²) in [5.74, 6) is 0.311. The van der Waals surface area contributed by atoms with E-state index in [1.165, 1.54) is 18.9 Å². The molecule has 1 aromatic rings. The number of hydrogen-bond acceptors (Lipinski definition) is 1. The molecule has 0 saturated carbocycles. The van der Waals surface area contributed by atoms with Gasteiger partial charge in [0.25, 0.3) is 0 Å². The second-order valence-electron chi connectivity index (χ2n) is 5.89. The van der Waals surface area contributed by atoms with Crippen LogP contribution in [0.3, 0.4) is 0 Å².